The average molecular weight is 233 g/mol. The molecule has 17 heavy (non-hydrogen) atoms. The van der Waals surface area contributed by atoms with E-state index in [9.17, 15) is 4.79 Å². The highest BCUT2D eigenvalue weighted by molar-refractivity contribution is 5.90. The summed E-state index contributed by atoms with van der Waals surface area (Å²) in [6, 6.07) is 9.56. The molecule has 1 amide bonds. The van der Waals surface area contributed by atoms with E-state index in [1.807, 2.05) is 30.3 Å². The predicted octanol–water partition coefficient (Wildman–Crippen LogP) is 2.97. The van der Waals surface area contributed by atoms with Crippen molar-refractivity contribution in [3.8, 4) is 0 Å². The van der Waals surface area contributed by atoms with Crippen molar-refractivity contribution >= 4 is 11.6 Å². The van der Waals surface area contributed by atoms with Crippen LogP contribution in [0.1, 0.15) is 32.1 Å². The zero-order valence-corrected chi connectivity index (χ0v) is 10.0. The minimum Gasteiger partial charge on any atom is -0.378 e. The second-order valence-electron chi connectivity index (χ2n) is 4.44. The number of amides is 1. The Morgan fingerprint density at radius 1 is 1.29 bits per heavy atom. The lowest BCUT2D eigenvalue weighted by Crippen LogP contribution is -2.21. The van der Waals surface area contributed by atoms with Gasteiger partial charge < -0.3 is 10.1 Å². The number of hydrogen-bond acceptors (Lipinski definition) is 2. The SMILES string of the molecule is O=C(CCC1CCCCO1)Nc1ccccc1. The fraction of sp³-hybridized carbons (Fsp3) is 0.500. The molecule has 0 aliphatic carbocycles. The Hall–Kier alpha value is -1.35. The molecule has 1 heterocycles. The van der Waals surface area contributed by atoms with Gasteiger partial charge in [0.1, 0.15) is 0 Å². The Labute approximate surface area is 102 Å². The van der Waals surface area contributed by atoms with Gasteiger partial charge in [-0.3, -0.25) is 4.79 Å². The lowest BCUT2D eigenvalue weighted by molar-refractivity contribution is -0.117. The van der Waals surface area contributed by atoms with Crippen molar-refractivity contribution in [3.63, 3.8) is 0 Å². The van der Waals surface area contributed by atoms with Crippen LogP contribution in [0.3, 0.4) is 0 Å². The number of benzene rings is 1. The van der Waals surface area contributed by atoms with E-state index in [4.69, 9.17) is 4.74 Å². The average Bonchev–Trinajstić information content (AvgIpc) is 2.39. The summed E-state index contributed by atoms with van der Waals surface area (Å²) in [7, 11) is 0. The fourth-order valence-corrected chi connectivity index (χ4v) is 2.07. The predicted molar refractivity (Wildman–Crippen MR) is 67.9 cm³/mol. The van der Waals surface area contributed by atoms with E-state index in [1.165, 1.54) is 6.42 Å². The molecule has 0 radical (unpaired) electrons. The number of para-hydroxylation sites is 1. The van der Waals surface area contributed by atoms with Gasteiger partial charge in [0.15, 0.2) is 0 Å². The molecule has 2 rings (SSSR count). The van der Waals surface area contributed by atoms with Gasteiger partial charge in [0.25, 0.3) is 0 Å². The number of anilines is 1. The molecule has 1 aromatic carbocycles. The molecule has 1 saturated heterocycles. The molecule has 3 nitrogen and oxygen atoms in total. The second kappa shape index (κ2) is 6.40. The van der Waals surface area contributed by atoms with Crippen molar-refractivity contribution in [2.75, 3.05) is 11.9 Å². The van der Waals surface area contributed by atoms with Gasteiger partial charge in [-0.1, -0.05) is 18.2 Å². The summed E-state index contributed by atoms with van der Waals surface area (Å²) in [5.41, 5.74) is 0.863. The summed E-state index contributed by atoms with van der Waals surface area (Å²) in [5, 5.41) is 2.89. The van der Waals surface area contributed by atoms with Crippen LogP contribution in [0.5, 0.6) is 0 Å². The Kier molecular flexibility index (Phi) is 4.56. The van der Waals surface area contributed by atoms with E-state index in [-0.39, 0.29) is 12.0 Å². The molecule has 0 spiro atoms. The first-order chi connectivity index (χ1) is 8.34. The monoisotopic (exact) mass is 233 g/mol. The minimum absolute atomic E-state index is 0.0744. The van der Waals surface area contributed by atoms with Crippen LogP contribution < -0.4 is 5.32 Å². The van der Waals surface area contributed by atoms with E-state index in [0.717, 1.165) is 31.6 Å². The molecule has 0 bridgehead atoms. The lowest BCUT2D eigenvalue weighted by atomic mass is 10.0. The second-order valence-corrected chi connectivity index (χ2v) is 4.44. The number of carbonyl (C=O) groups excluding carboxylic acids is 1. The Morgan fingerprint density at radius 2 is 2.12 bits per heavy atom. The fourth-order valence-electron chi connectivity index (χ4n) is 2.07. The normalized spacial score (nSPS) is 19.9. The number of carbonyl (C=O) groups is 1. The van der Waals surface area contributed by atoms with Gasteiger partial charge in [0.05, 0.1) is 6.10 Å². The van der Waals surface area contributed by atoms with Gasteiger partial charge in [-0.25, -0.2) is 0 Å². The summed E-state index contributed by atoms with van der Waals surface area (Å²) in [5.74, 6) is 0.0744. The molecule has 1 atom stereocenters. The van der Waals surface area contributed by atoms with Crippen LogP contribution in [0.2, 0.25) is 0 Å². The maximum absolute atomic E-state index is 11.7. The summed E-state index contributed by atoms with van der Waals surface area (Å²) in [6.07, 6.45) is 5.14. The maximum atomic E-state index is 11.7. The van der Waals surface area contributed by atoms with Crippen LogP contribution in [0.15, 0.2) is 30.3 Å². The van der Waals surface area contributed by atoms with Crippen LogP contribution in [0.4, 0.5) is 5.69 Å². The lowest BCUT2D eigenvalue weighted by Gasteiger charge is -2.22. The summed E-state index contributed by atoms with van der Waals surface area (Å²) >= 11 is 0. The van der Waals surface area contributed by atoms with E-state index in [0.29, 0.717) is 6.42 Å². The highest BCUT2D eigenvalue weighted by atomic mass is 16.5. The van der Waals surface area contributed by atoms with E-state index in [1.54, 1.807) is 0 Å². The van der Waals surface area contributed by atoms with Crippen molar-refractivity contribution in [2.45, 2.75) is 38.2 Å². The number of hydrogen-bond donors (Lipinski definition) is 1. The molecule has 1 aromatic rings. The van der Waals surface area contributed by atoms with E-state index in [2.05, 4.69) is 5.32 Å². The van der Waals surface area contributed by atoms with Gasteiger partial charge in [-0.2, -0.15) is 0 Å². The topological polar surface area (TPSA) is 38.3 Å². The quantitative estimate of drug-likeness (QED) is 0.868. The van der Waals surface area contributed by atoms with Crippen LogP contribution in [0.25, 0.3) is 0 Å². The largest absolute Gasteiger partial charge is 0.378 e. The molecule has 1 aliphatic rings. The molecule has 0 aromatic heterocycles. The maximum Gasteiger partial charge on any atom is 0.224 e. The Bertz CT molecular complexity index is 344. The number of ether oxygens (including phenoxy) is 1. The molecule has 0 saturated carbocycles. The molecule has 1 fully saturated rings. The van der Waals surface area contributed by atoms with Crippen molar-refractivity contribution in [2.24, 2.45) is 0 Å². The van der Waals surface area contributed by atoms with Gasteiger partial charge in [-0.15, -0.1) is 0 Å². The summed E-state index contributed by atoms with van der Waals surface area (Å²) in [6.45, 7) is 0.852. The highest BCUT2D eigenvalue weighted by Crippen LogP contribution is 2.17. The summed E-state index contributed by atoms with van der Waals surface area (Å²) < 4.78 is 5.60. The smallest absolute Gasteiger partial charge is 0.224 e. The van der Waals surface area contributed by atoms with Crippen LogP contribution in [-0.2, 0) is 9.53 Å². The van der Waals surface area contributed by atoms with Crippen LogP contribution in [-0.4, -0.2) is 18.6 Å². The molecule has 92 valence electrons. The number of rotatable bonds is 4. The zero-order chi connectivity index (χ0) is 11.9. The van der Waals surface area contributed by atoms with Gasteiger partial charge in [-0.05, 0) is 37.8 Å². The number of nitrogens with one attached hydrogen (secondary N) is 1. The molecule has 1 N–H and O–H groups in total. The van der Waals surface area contributed by atoms with Crippen LogP contribution >= 0.6 is 0 Å². The first kappa shape index (κ1) is 12.1. The first-order valence-electron chi connectivity index (χ1n) is 6.31. The van der Waals surface area contributed by atoms with E-state index >= 15 is 0 Å². The van der Waals surface area contributed by atoms with Crippen LogP contribution in [0, 0.1) is 0 Å². The Balaban J connectivity index is 1.70. The van der Waals surface area contributed by atoms with Crippen molar-refractivity contribution in [1.29, 1.82) is 0 Å². The Morgan fingerprint density at radius 3 is 2.82 bits per heavy atom. The molecular formula is C14H19NO2. The zero-order valence-electron chi connectivity index (χ0n) is 10.0. The van der Waals surface area contributed by atoms with Gasteiger partial charge in [0, 0.05) is 18.7 Å². The minimum atomic E-state index is 0.0744. The first-order valence-corrected chi connectivity index (χ1v) is 6.31. The van der Waals surface area contributed by atoms with Crippen molar-refractivity contribution in [1.82, 2.24) is 0 Å². The molecular weight excluding hydrogens is 214 g/mol. The standard InChI is InChI=1S/C14H19NO2/c16-14(15-12-6-2-1-3-7-12)10-9-13-8-4-5-11-17-13/h1-3,6-7,13H,4-5,8-11H2,(H,15,16). The molecule has 1 unspecified atom stereocenters. The van der Waals surface area contributed by atoms with Gasteiger partial charge >= 0.3 is 0 Å². The third kappa shape index (κ3) is 4.19. The van der Waals surface area contributed by atoms with Crippen molar-refractivity contribution in [3.05, 3.63) is 30.3 Å². The molecule has 1 aliphatic heterocycles. The van der Waals surface area contributed by atoms with E-state index < -0.39 is 0 Å². The third-order valence-electron chi connectivity index (χ3n) is 3.02. The summed E-state index contributed by atoms with van der Waals surface area (Å²) in [4.78, 5) is 11.7. The van der Waals surface area contributed by atoms with Gasteiger partial charge in [0.2, 0.25) is 5.91 Å². The third-order valence-corrected chi connectivity index (χ3v) is 3.02. The molecule has 3 heteroatoms. The van der Waals surface area contributed by atoms with Crippen molar-refractivity contribution < 1.29 is 9.53 Å². The highest BCUT2D eigenvalue weighted by Gasteiger charge is 2.15.